The number of nitrogens with one attached hydrogen (secondary N) is 1. The molecule has 1 aromatic heterocycles. The van der Waals surface area contributed by atoms with Crippen LogP contribution in [0.5, 0.6) is 11.5 Å². The first kappa shape index (κ1) is 18.0. The number of hydrogen-bond donors (Lipinski definition) is 1. The lowest BCUT2D eigenvalue weighted by Crippen LogP contribution is -2.31. The van der Waals surface area contributed by atoms with Crippen molar-refractivity contribution in [1.82, 2.24) is 10.3 Å². The standard InChI is InChI=1S/C20H25N3O3/c1-4-8-21-20(24)15-5-6-19(22-12-15)23-9-7-14-10-17(25-2)18(26-3)11-16(14)13-23/h5-6,10-12H,4,7-9,13H2,1-3H3,(H,21,24). The van der Waals surface area contributed by atoms with Gasteiger partial charge in [-0.15, -0.1) is 0 Å². The molecule has 138 valence electrons. The second kappa shape index (κ2) is 8.08. The molecule has 0 saturated carbocycles. The first-order valence-corrected chi connectivity index (χ1v) is 8.89. The maximum Gasteiger partial charge on any atom is 0.252 e. The minimum absolute atomic E-state index is 0.0771. The SMILES string of the molecule is CCCNC(=O)c1ccc(N2CCc3cc(OC)c(OC)cc3C2)nc1. The molecule has 6 nitrogen and oxygen atoms in total. The number of benzene rings is 1. The lowest BCUT2D eigenvalue weighted by molar-refractivity contribution is 0.0953. The molecule has 0 spiro atoms. The van der Waals surface area contributed by atoms with Crippen LogP contribution in [0.1, 0.15) is 34.8 Å². The van der Waals surface area contributed by atoms with E-state index in [0.717, 1.165) is 43.2 Å². The van der Waals surface area contributed by atoms with Crippen molar-refractivity contribution in [3.8, 4) is 11.5 Å². The van der Waals surface area contributed by atoms with Gasteiger partial charge in [0.25, 0.3) is 5.91 Å². The molecular formula is C20H25N3O3. The van der Waals surface area contributed by atoms with Crippen LogP contribution < -0.4 is 19.7 Å². The number of nitrogens with zero attached hydrogens (tertiary/aromatic N) is 2. The van der Waals surface area contributed by atoms with Gasteiger partial charge in [0.05, 0.1) is 19.8 Å². The van der Waals surface area contributed by atoms with Crippen molar-refractivity contribution in [2.24, 2.45) is 0 Å². The minimum atomic E-state index is -0.0771. The lowest BCUT2D eigenvalue weighted by Gasteiger charge is -2.30. The van der Waals surface area contributed by atoms with Gasteiger partial charge < -0.3 is 19.7 Å². The zero-order valence-corrected chi connectivity index (χ0v) is 15.5. The maximum absolute atomic E-state index is 12.0. The first-order valence-electron chi connectivity index (χ1n) is 8.89. The number of hydrogen-bond acceptors (Lipinski definition) is 5. The molecule has 1 N–H and O–H groups in total. The van der Waals surface area contributed by atoms with Crippen molar-refractivity contribution in [3.05, 3.63) is 47.2 Å². The van der Waals surface area contributed by atoms with Gasteiger partial charge in [0.1, 0.15) is 5.82 Å². The zero-order valence-electron chi connectivity index (χ0n) is 15.5. The quantitative estimate of drug-likeness (QED) is 0.863. The maximum atomic E-state index is 12.0. The molecule has 0 saturated heterocycles. The van der Waals surface area contributed by atoms with Crippen molar-refractivity contribution in [1.29, 1.82) is 0 Å². The van der Waals surface area contributed by atoms with E-state index in [4.69, 9.17) is 9.47 Å². The van der Waals surface area contributed by atoms with Crippen molar-refractivity contribution in [2.45, 2.75) is 26.3 Å². The molecule has 26 heavy (non-hydrogen) atoms. The number of aromatic nitrogens is 1. The summed E-state index contributed by atoms with van der Waals surface area (Å²) in [5.74, 6) is 2.30. The van der Waals surface area contributed by atoms with E-state index < -0.39 is 0 Å². The predicted octanol–water partition coefficient (Wildman–Crippen LogP) is 2.80. The van der Waals surface area contributed by atoms with Gasteiger partial charge in [0, 0.05) is 25.8 Å². The molecule has 0 unspecified atom stereocenters. The van der Waals surface area contributed by atoms with Gasteiger partial charge in [-0.1, -0.05) is 6.92 Å². The first-order chi connectivity index (χ1) is 12.7. The summed E-state index contributed by atoms with van der Waals surface area (Å²) in [4.78, 5) is 18.7. The van der Waals surface area contributed by atoms with E-state index in [1.54, 1.807) is 20.4 Å². The molecule has 1 aliphatic heterocycles. The van der Waals surface area contributed by atoms with E-state index in [-0.39, 0.29) is 5.91 Å². The summed E-state index contributed by atoms with van der Waals surface area (Å²) in [5, 5.41) is 2.87. The summed E-state index contributed by atoms with van der Waals surface area (Å²) in [7, 11) is 3.30. The van der Waals surface area contributed by atoms with Crippen LogP contribution in [0.4, 0.5) is 5.82 Å². The zero-order chi connectivity index (χ0) is 18.5. The summed E-state index contributed by atoms with van der Waals surface area (Å²) >= 11 is 0. The Morgan fingerprint density at radius 3 is 2.54 bits per heavy atom. The summed E-state index contributed by atoms with van der Waals surface area (Å²) < 4.78 is 10.8. The highest BCUT2D eigenvalue weighted by molar-refractivity contribution is 5.94. The normalized spacial score (nSPS) is 13.1. The molecule has 2 heterocycles. The van der Waals surface area contributed by atoms with Crippen LogP contribution in [0, 0.1) is 0 Å². The highest BCUT2D eigenvalue weighted by Crippen LogP contribution is 2.34. The van der Waals surface area contributed by atoms with Crippen LogP contribution in [0.15, 0.2) is 30.5 Å². The predicted molar refractivity (Wildman–Crippen MR) is 101 cm³/mol. The van der Waals surface area contributed by atoms with Gasteiger partial charge in [0.15, 0.2) is 11.5 Å². The second-order valence-electron chi connectivity index (χ2n) is 6.31. The van der Waals surface area contributed by atoms with E-state index in [2.05, 4.69) is 21.3 Å². The molecule has 1 aliphatic rings. The van der Waals surface area contributed by atoms with E-state index in [1.807, 2.05) is 25.1 Å². The number of rotatable bonds is 6. The third-order valence-corrected chi connectivity index (χ3v) is 4.59. The second-order valence-corrected chi connectivity index (χ2v) is 6.31. The highest BCUT2D eigenvalue weighted by atomic mass is 16.5. The minimum Gasteiger partial charge on any atom is -0.493 e. The average molecular weight is 355 g/mol. The van der Waals surface area contributed by atoms with Crippen molar-refractivity contribution in [2.75, 3.05) is 32.2 Å². The topological polar surface area (TPSA) is 63.7 Å². The van der Waals surface area contributed by atoms with Gasteiger partial charge in [-0.3, -0.25) is 4.79 Å². The fourth-order valence-corrected chi connectivity index (χ4v) is 3.13. The molecular weight excluding hydrogens is 330 g/mol. The van der Waals surface area contributed by atoms with Crippen LogP contribution >= 0.6 is 0 Å². The fraction of sp³-hybridized carbons (Fsp3) is 0.400. The van der Waals surface area contributed by atoms with Crippen molar-refractivity contribution in [3.63, 3.8) is 0 Å². The summed E-state index contributed by atoms with van der Waals surface area (Å²) in [5.41, 5.74) is 3.07. The Labute approximate surface area is 154 Å². The van der Waals surface area contributed by atoms with Gasteiger partial charge in [0.2, 0.25) is 0 Å². The summed E-state index contributed by atoms with van der Waals surface area (Å²) in [6, 6.07) is 7.83. The number of fused-ring (bicyclic) bond motifs is 1. The Balaban J connectivity index is 1.75. The average Bonchev–Trinajstić information content (AvgIpc) is 2.70. The Morgan fingerprint density at radius 2 is 1.92 bits per heavy atom. The van der Waals surface area contributed by atoms with Crippen molar-refractivity contribution < 1.29 is 14.3 Å². The van der Waals surface area contributed by atoms with E-state index in [0.29, 0.717) is 12.1 Å². The summed E-state index contributed by atoms with van der Waals surface area (Å²) in [6.45, 7) is 4.33. The van der Waals surface area contributed by atoms with Gasteiger partial charge >= 0.3 is 0 Å². The van der Waals surface area contributed by atoms with Crippen LogP contribution in [0.2, 0.25) is 0 Å². The van der Waals surface area contributed by atoms with E-state index >= 15 is 0 Å². The van der Waals surface area contributed by atoms with Crippen LogP contribution in [0.25, 0.3) is 0 Å². The smallest absolute Gasteiger partial charge is 0.252 e. The number of anilines is 1. The van der Waals surface area contributed by atoms with Gasteiger partial charge in [-0.25, -0.2) is 4.98 Å². The number of amides is 1. The van der Waals surface area contributed by atoms with Crippen molar-refractivity contribution >= 4 is 11.7 Å². The molecule has 1 amide bonds. The number of ether oxygens (including phenoxy) is 2. The molecule has 0 atom stereocenters. The molecule has 1 aromatic carbocycles. The van der Waals surface area contributed by atoms with E-state index in [1.165, 1.54) is 11.1 Å². The number of carbonyl (C=O) groups is 1. The summed E-state index contributed by atoms with van der Waals surface area (Å²) in [6.07, 6.45) is 3.47. The Bertz CT molecular complexity index is 775. The van der Waals surface area contributed by atoms with Gasteiger partial charge in [-0.2, -0.15) is 0 Å². The van der Waals surface area contributed by atoms with Gasteiger partial charge in [-0.05, 0) is 48.2 Å². The number of carbonyl (C=O) groups excluding carboxylic acids is 1. The number of pyridine rings is 1. The highest BCUT2D eigenvalue weighted by Gasteiger charge is 2.20. The molecule has 0 bridgehead atoms. The lowest BCUT2D eigenvalue weighted by atomic mass is 9.98. The Kier molecular flexibility index (Phi) is 5.61. The molecule has 0 radical (unpaired) electrons. The third kappa shape index (κ3) is 3.74. The van der Waals surface area contributed by atoms with E-state index in [9.17, 15) is 4.79 Å². The Morgan fingerprint density at radius 1 is 1.19 bits per heavy atom. The molecule has 0 fully saturated rings. The van der Waals surface area contributed by atoms with Crippen LogP contribution in [-0.4, -0.2) is 38.2 Å². The molecule has 6 heteroatoms. The van der Waals surface area contributed by atoms with Crippen LogP contribution in [0.3, 0.4) is 0 Å². The molecule has 2 aromatic rings. The molecule has 0 aliphatic carbocycles. The third-order valence-electron chi connectivity index (χ3n) is 4.59. The Hall–Kier alpha value is -2.76. The number of methoxy groups -OCH3 is 2. The van der Waals surface area contributed by atoms with Crippen LogP contribution in [-0.2, 0) is 13.0 Å². The monoisotopic (exact) mass is 355 g/mol. The molecule has 3 rings (SSSR count). The fourth-order valence-electron chi connectivity index (χ4n) is 3.13. The largest absolute Gasteiger partial charge is 0.493 e.